The lowest BCUT2D eigenvalue weighted by atomic mass is 10.1. The largest absolute Gasteiger partial charge is 0.504 e. The number of phenolic OH excluding ortho intramolecular Hbond substituents is 1. The molecule has 0 aromatic heterocycles. The summed E-state index contributed by atoms with van der Waals surface area (Å²) in [5, 5.41) is 34.8. The number of phenols is 1. The van der Waals surface area contributed by atoms with Crippen molar-refractivity contribution < 1.29 is 53.1 Å². The summed E-state index contributed by atoms with van der Waals surface area (Å²) in [4.78, 5) is 99.8. The van der Waals surface area contributed by atoms with Gasteiger partial charge in [-0.2, -0.15) is 0 Å². The Labute approximate surface area is 359 Å². The van der Waals surface area contributed by atoms with Gasteiger partial charge in [0.15, 0.2) is 23.4 Å². The molecule has 0 aliphatic heterocycles. The number of aromatic hydroxyl groups is 1. The van der Waals surface area contributed by atoms with Crippen molar-refractivity contribution in [3.63, 3.8) is 0 Å². The van der Waals surface area contributed by atoms with Crippen LogP contribution in [0.15, 0.2) is 109 Å². The summed E-state index contributed by atoms with van der Waals surface area (Å²) in [6.07, 6.45) is -2.09. The number of Topliss-reactive ketones (excluding diaryl/α,β-unsaturated/α-hetero) is 1. The third kappa shape index (κ3) is 11.6. The van der Waals surface area contributed by atoms with E-state index in [1.165, 1.54) is 91.9 Å². The Morgan fingerprint density at radius 1 is 0.635 bits per heavy atom. The first-order chi connectivity index (χ1) is 29.9. The van der Waals surface area contributed by atoms with E-state index in [0.717, 1.165) is 7.11 Å². The number of amides is 6. The van der Waals surface area contributed by atoms with E-state index in [4.69, 9.17) is 15.2 Å². The molecule has 0 saturated carbocycles. The highest BCUT2D eigenvalue weighted by Gasteiger charge is 2.34. The van der Waals surface area contributed by atoms with Crippen molar-refractivity contribution in [2.75, 3.05) is 28.4 Å². The number of methoxy groups -OCH3 is 1. The highest BCUT2D eigenvalue weighted by Crippen LogP contribution is 2.39. The number of ether oxygens (including phenoxy) is 2. The predicted molar refractivity (Wildman–Crippen MR) is 230 cm³/mol. The summed E-state index contributed by atoms with van der Waals surface area (Å²) in [7, 11) is 1.13. The fourth-order valence-electron chi connectivity index (χ4n) is 5.87. The zero-order chi connectivity index (χ0) is 46.0. The molecule has 324 valence electrons. The predicted octanol–water partition coefficient (Wildman–Crippen LogP) is 5.28. The minimum atomic E-state index is -1.65. The molecule has 63 heavy (non-hydrogen) atoms. The van der Waals surface area contributed by atoms with Gasteiger partial charge in [0.05, 0.1) is 22.3 Å². The van der Waals surface area contributed by atoms with Crippen molar-refractivity contribution >= 4 is 69.7 Å². The SMILES string of the molecule is COC(C(=O)Nc1ccc(C(=O)Nc2ccc(C(=O)Nc3ccc(C(C)=O)cc3)c(O)c2OC(C)C)cc1)C(NC(=O)c1ccc(NC(=O)c2ccc([N+](=O)[O-])cc2)cc1)C(N)=O. The molecule has 5 aromatic carbocycles. The lowest BCUT2D eigenvalue weighted by molar-refractivity contribution is -0.384. The molecule has 0 bridgehead atoms. The molecule has 0 radical (unpaired) electrons. The summed E-state index contributed by atoms with van der Waals surface area (Å²) in [6.45, 7) is 4.79. The number of carbonyl (C=O) groups excluding carboxylic acids is 7. The van der Waals surface area contributed by atoms with Crippen molar-refractivity contribution in [1.29, 1.82) is 0 Å². The smallest absolute Gasteiger partial charge is 0.269 e. The summed E-state index contributed by atoms with van der Waals surface area (Å²) >= 11 is 0. The number of nitrogens with one attached hydrogen (secondary N) is 5. The van der Waals surface area contributed by atoms with E-state index >= 15 is 0 Å². The third-order valence-corrected chi connectivity index (χ3v) is 9.10. The fourth-order valence-corrected chi connectivity index (χ4v) is 5.87. The van der Waals surface area contributed by atoms with Gasteiger partial charge in [0.25, 0.3) is 35.2 Å². The molecule has 2 atom stereocenters. The molecule has 6 amide bonds. The maximum atomic E-state index is 13.3. The number of nitro groups is 1. The first-order valence-electron chi connectivity index (χ1n) is 18.9. The monoisotopic (exact) mass is 859 g/mol. The number of benzene rings is 5. The topological polar surface area (TPSA) is 287 Å². The molecule has 5 aromatic rings. The number of anilines is 4. The van der Waals surface area contributed by atoms with Crippen LogP contribution in [-0.2, 0) is 14.3 Å². The number of nitrogens with two attached hydrogens (primary N) is 1. The number of carbonyl (C=O) groups is 7. The zero-order valence-corrected chi connectivity index (χ0v) is 34.1. The molecule has 0 aliphatic carbocycles. The average molecular weight is 860 g/mol. The van der Waals surface area contributed by atoms with Crippen molar-refractivity contribution in [1.82, 2.24) is 5.32 Å². The molecule has 0 saturated heterocycles. The van der Waals surface area contributed by atoms with Gasteiger partial charge < -0.3 is 46.9 Å². The van der Waals surface area contributed by atoms with E-state index < -0.39 is 64.4 Å². The van der Waals surface area contributed by atoms with Gasteiger partial charge in [0, 0.05) is 58.6 Å². The Morgan fingerprint density at radius 3 is 1.57 bits per heavy atom. The van der Waals surface area contributed by atoms with Gasteiger partial charge in [-0.3, -0.25) is 43.7 Å². The van der Waals surface area contributed by atoms with Crippen LogP contribution in [0.25, 0.3) is 0 Å². The Hall–Kier alpha value is -8.45. The lowest BCUT2D eigenvalue weighted by Gasteiger charge is -2.24. The average Bonchev–Trinajstić information content (AvgIpc) is 3.25. The van der Waals surface area contributed by atoms with Crippen molar-refractivity contribution in [2.24, 2.45) is 5.73 Å². The third-order valence-electron chi connectivity index (χ3n) is 9.10. The molecule has 5 rings (SSSR count). The van der Waals surface area contributed by atoms with E-state index in [1.54, 1.807) is 38.1 Å². The molecule has 0 heterocycles. The van der Waals surface area contributed by atoms with Gasteiger partial charge in [0.1, 0.15) is 6.04 Å². The first-order valence-corrected chi connectivity index (χ1v) is 18.9. The molecule has 19 nitrogen and oxygen atoms in total. The van der Waals surface area contributed by atoms with Gasteiger partial charge in [0.2, 0.25) is 5.91 Å². The van der Waals surface area contributed by atoms with Crippen LogP contribution in [0.5, 0.6) is 11.5 Å². The van der Waals surface area contributed by atoms with Gasteiger partial charge in [-0.1, -0.05) is 0 Å². The van der Waals surface area contributed by atoms with E-state index in [0.29, 0.717) is 11.3 Å². The van der Waals surface area contributed by atoms with E-state index in [9.17, 15) is 48.8 Å². The van der Waals surface area contributed by atoms with Crippen LogP contribution >= 0.6 is 0 Å². The Kier molecular flexibility index (Phi) is 14.6. The number of hydrogen-bond acceptors (Lipinski definition) is 12. The van der Waals surface area contributed by atoms with E-state index in [-0.39, 0.29) is 56.5 Å². The second-order valence-corrected chi connectivity index (χ2v) is 14.0. The maximum Gasteiger partial charge on any atom is 0.269 e. The highest BCUT2D eigenvalue weighted by molar-refractivity contribution is 6.10. The second-order valence-electron chi connectivity index (χ2n) is 14.0. The Morgan fingerprint density at radius 2 is 1.10 bits per heavy atom. The molecule has 8 N–H and O–H groups in total. The maximum absolute atomic E-state index is 13.3. The number of ketones is 1. The van der Waals surface area contributed by atoms with E-state index in [1.807, 2.05) is 0 Å². The molecular weight excluding hydrogens is 819 g/mol. The minimum absolute atomic E-state index is 0.0344. The van der Waals surface area contributed by atoms with Crippen molar-refractivity contribution in [2.45, 2.75) is 39.0 Å². The van der Waals surface area contributed by atoms with Crippen LogP contribution in [0.4, 0.5) is 28.4 Å². The van der Waals surface area contributed by atoms with E-state index in [2.05, 4.69) is 26.6 Å². The molecule has 0 spiro atoms. The standard InChI is InChI=1S/C44H41N7O12/c1-23(2)63-37-34(22-21-33(36(37)53)43(58)47-30-13-5-25(6-14-30)24(3)52)49-41(56)26-7-17-31(18-8-26)48-44(59)38(62-4)35(39(45)54)50-42(57)27-9-15-29(16-10-27)46-40(55)28-11-19-32(20-12-28)51(60)61/h5-23,35,38,53H,1-4H3,(H2,45,54)(H,46,55)(H,47,58)(H,48,59)(H,49,56)(H,50,57). The Bertz CT molecular complexity index is 2560. The molecule has 2 unspecified atom stereocenters. The summed E-state index contributed by atoms with van der Waals surface area (Å²) in [6, 6.07) is 23.2. The zero-order valence-electron chi connectivity index (χ0n) is 34.1. The van der Waals surface area contributed by atoms with Crippen LogP contribution in [0.3, 0.4) is 0 Å². The minimum Gasteiger partial charge on any atom is -0.504 e. The number of non-ortho nitro benzene ring substituents is 1. The van der Waals surface area contributed by atoms with Crippen LogP contribution in [-0.4, -0.2) is 76.6 Å². The van der Waals surface area contributed by atoms with Gasteiger partial charge >= 0.3 is 0 Å². The van der Waals surface area contributed by atoms with Crippen molar-refractivity contribution in [3.05, 3.63) is 147 Å². The van der Waals surface area contributed by atoms with Crippen molar-refractivity contribution in [3.8, 4) is 11.5 Å². The van der Waals surface area contributed by atoms with Gasteiger partial charge in [-0.05, 0) is 118 Å². The molecule has 0 fully saturated rings. The van der Waals surface area contributed by atoms with Crippen LogP contribution in [0.2, 0.25) is 0 Å². The number of primary amides is 1. The summed E-state index contributed by atoms with van der Waals surface area (Å²) in [5.74, 6) is -5.48. The van der Waals surface area contributed by atoms with Gasteiger partial charge in [-0.25, -0.2) is 0 Å². The molecular formula is C44H41N7O12. The number of nitro benzene ring substituents is 1. The van der Waals surface area contributed by atoms with Crippen LogP contribution in [0.1, 0.15) is 72.6 Å². The number of nitrogens with zero attached hydrogens (tertiary/aromatic N) is 1. The lowest BCUT2D eigenvalue weighted by Crippen LogP contribution is -2.56. The quantitative estimate of drug-likeness (QED) is 0.0357. The summed E-state index contributed by atoms with van der Waals surface area (Å²) in [5.41, 5.74) is 6.88. The Balaban J connectivity index is 1.21. The van der Waals surface area contributed by atoms with Crippen LogP contribution in [0, 0.1) is 10.1 Å². The molecule has 0 aliphatic rings. The number of hydrogen-bond donors (Lipinski definition) is 7. The molecule has 19 heteroatoms. The van der Waals surface area contributed by atoms with Crippen LogP contribution < -0.4 is 37.1 Å². The summed E-state index contributed by atoms with van der Waals surface area (Å²) < 4.78 is 11.1. The number of rotatable bonds is 17. The second kappa shape index (κ2) is 20.2. The normalized spacial score (nSPS) is 11.6. The fraction of sp³-hybridized carbons (Fsp3) is 0.159. The highest BCUT2D eigenvalue weighted by atomic mass is 16.6. The first kappa shape index (κ1) is 45.6. The van der Waals surface area contributed by atoms with Gasteiger partial charge in [-0.15, -0.1) is 0 Å².